The Balaban J connectivity index is 2.07. The molecule has 9 heteroatoms. The smallest absolute Gasteiger partial charge is 0.338 e. The average Bonchev–Trinajstić information content (AvgIpc) is 3.13. The number of thiophene rings is 1. The molecule has 0 radical (unpaired) electrons. The van der Waals surface area contributed by atoms with Crippen LogP contribution >= 0.6 is 11.3 Å². The Morgan fingerprint density at radius 3 is 2.52 bits per heavy atom. The molecule has 1 unspecified atom stereocenters. The van der Waals surface area contributed by atoms with Crippen LogP contribution in [-0.2, 0) is 26.1 Å². The summed E-state index contributed by atoms with van der Waals surface area (Å²) in [6.45, 7) is 5.22. The minimum atomic E-state index is -3.78. The van der Waals surface area contributed by atoms with Gasteiger partial charge in [0.15, 0.2) is 6.10 Å². The molecule has 1 aromatic carbocycles. The second-order valence-corrected chi connectivity index (χ2v) is 8.94. The van der Waals surface area contributed by atoms with Crippen molar-refractivity contribution in [2.45, 2.75) is 44.4 Å². The number of carbonyl (C=O) groups is 2. The van der Waals surface area contributed by atoms with Crippen molar-refractivity contribution in [3.63, 3.8) is 0 Å². The van der Waals surface area contributed by atoms with Gasteiger partial charge in [-0.3, -0.25) is 4.79 Å². The quantitative estimate of drug-likeness (QED) is 0.650. The first-order chi connectivity index (χ1) is 12.7. The van der Waals surface area contributed by atoms with Crippen LogP contribution in [-0.4, -0.2) is 32.4 Å². The van der Waals surface area contributed by atoms with Crippen LogP contribution in [0.5, 0.6) is 0 Å². The number of sulfonamides is 1. The predicted octanol–water partition coefficient (Wildman–Crippen LogP) is 2.30. The molecule has 0 saturated heterocycles. The van der Waals surface area contributed by atoms with Crippen LogP contribution in [0, 0.1) is 0 Å². The van der Waals surface area contributed by atoms with Gasteiger partial charge in [-0.05, 0) is 50.4 Å². The lowest BCUT2D eigenvalue weighted by molar-refractivity contribution is -0.129. The molecule has 7 nitrogen and oxygen atoms in total. The van der Waals surface area contributed by atoms with Crippen LogP contribution in [0.3, 0.4) is 0 Å². The number of hydrogen-bond donors (Lipinski definition) is 2. The molecule has 1 aromatic heterocycles. The van der Waals surface area contributed by atoms with E-state index in [-0.39, 0.29) is 23.0 Å². The van der Waals surface area contributed by atoms with E-state index in [1.165, 1.54) is 42.5 Å². The molecule has 0 aliphatic rings. The highest BCUT2D eigenvalue weighted by Crippen LogP contribution is 2.15. The van der Waals surface area contributed by atoms with Crippen molar-refractivity contribution >= 4 is 33.2 Å². The molecule has 1 heterocycles. The first kappa shape index (κ1) is 21.1. The topological polar surface area (TPSA) is 102 Å². The van der Waals surface area contributed by atoms with Gasteiger partial charge in [0.25, 0.3) is 5.91 Å². The third kappa shape index (κ3) is 6.16. The van der Waals surface area contributed by atoms with Crippen molar-refractivity contribution < 1.29 is 22.7 Å². The zero-order chi connectivity index (χ0) is 20.0. The highest BCUT2D eigenvalue weighted by molar-refractivity contribution is 7.89. The molecule has 27 heavy (non-hydrogen) atoms. The monoisotopic (exact) mass is 410 g/mol. The molecular formula is C18H22N2O5S2. The van der Waals surface area contributed by atoms with Gasteiger partial charge >= 0.3 is 5.97 Å². The lowest BCUT2D eigenvalue weighted by atomic mass is 10.2. The molecule has 1 atom stereocenters. The van der Waals surface area contributed by atoms with Gasteiger partial charge in [0.05, 0.1) is 10.5 Å². The zero-order valence-electron chi connectivity index (χ0n) is 15.3. The maximum absolute atomic E-state index is 12.4. The highest BCUT2D eigenvalue weighted by Gasteiger charge is 2.21. The van der Waals surface area contributed by atoms with Gasteiger partial charge < -0.3 is 10.1 Å². The Bertz CT molecular complexity index is 892. The minimum absolute atomic E-state index is 0.0483. The summed E-state index contributed by atoms with van der Waals surface area (Å²) >= 11 is 1.44. The minimum Gasteiger partial charge on any atom is -0.449 e. The molecule has 2 aromatic rings. The molecule has 0 fully saturated rings. The lowest BCUT2D eigenvalue weighted by Gasteiger charge is -2.15. The second-order valence-electron chi connectivity index (χ2n) is 6.14. The van der Waals surface area contributed by atoms with Crippen molar-refractivity contribution in [1.29, 1.82) is 0 Å². The predicted molar refractivity (Wildman–Crippen MR) is 103 cm³/mol. The summed E-state index contributed by atoms with van der Waals surface area (Å²) in [5.74, 6) is -1.18. The van der Waals surface area contributed by atoms with E-state index in [2.05, 4.69) is 10.0 Å². The number of hydrogen-bond acceptors (Lipinski definition) is 6. The van der Waals surface area contributed by atoms with E-state index in [0.717, 1.165) is 4.88 Å². The molecule has 0 spiro atoms. The Labute approximate surface area is 162 Å². The molecule has 2 N–H and O–H groups in total. The van der Waals surface area contributed by atoms with Crippen molar-refractivity contribution in [3.05, 3.63) is 52.2 Å². The molecule has 0 aliphatic heterocycles. The molecule has 0 saturated carbocycles. The van der Waals surface area contributed by atoms with Crippen LogP contribution in [0.15, 0.2) is 46.7 Å². The normalized spacial score (nSPS) is 12.6. The van der Waals surface area contributed by atoms with Gasteiger partial charge in [-0.1, -0.05) is 12.1 Å². The molecule has 146 valence electrons. The van der Waals surface area contributed by atoms with E-state index in [9.17, 15) is 18.0 Å². The molecular weight excluding hydrogens is 388 g/mol. The number of amides is 1. The van der Waals surface area contributed by atoms with Gasteiger partial charge in [0.2, 0.25) is 10.0 Å². The summed E-state index contributed by atoms with van der Waals surface area (Å²) in [5, 5.41) is 4.50. The first-order valence-electron chi connectivity index (χ1n) is 8.32. The van der Waals surface area contributed by atoms with E-state index < -0.39 is 28.0 Å². The number of carbonyl (C=O) groups excluding carboxylic acids is 2. The average molecular weight is 411 g/mol. The second kappa shape index (κ2) is 9.12. The van der Waals surface area contributed by atoms with Crippen LogP contribution in [0.25, 0.3) is 0 Å². The van der Waals surface area contributed by atoms with Gasteiger partial charge in [0.1, 0.15) is 0 Å². The van der Waals surface area contributed by atoms with Crippen LogP contribution in [0.2, 0.25) is 0 Å². The lowest BCUT2D eigenvalue weighted by Crippen LogP contribution is -2.39. The Morgan fingerprint density at radius 2 is 1.89 bits per heavy atom. The summed E-state index contributed by atoms with van der Waals surface area (Å²) in [4.78, 5) is 24.9. The van der Waals surface area contributed by atoms with Crippen LogP contribution in [0.4, 0.5) is 0 Å². The van der Waals surface area contributed by atoms with E-state index in [1.54, 1.807) is 13.8 Å². The Hall–Kier alpha value is -2.23. The van der Waals surface area contributed by atoms with Crippen LogP contribution in [0.1, 0.15) is 36.0 Å². The fourth-order valence-corrected chi connectivity index (χ4v) is 3.92. The first-order valence-corrected chi connectivity index (χ1v) is 10.7. The zero-order valence-corrected chi connectivity index (χ0v) is 16.9. The van der Waals surface area contributed by atoms with Crippen molar-refractivity contribution in [2.75, 3.05) is 0 Å². The highest BCUT2D eigenvalue weighted by atomic mass is 32.2. The van der Waals surface area contributed by atoms with E-state index in [1.807, 2.05) is 17.5 Å². The van der Waals surface area contributed by atoms with E-state index >= 15 is 0 Å². The number of esters is 1. The largest absolute Gasteiger partial charge is 0.449 e. The maximum atomic E-state index is 12.4. The fourth-order valence-electron chi connectivity index (χ4n) is 2.14. The number of nitrogens with one attached hydrogen (secondary N) is 2. The summed E-state index contributed by atoms with van der Waals surface area (Å²) < 4.78 is 32.5. The maximum Gasteiger partial charge on any atom is 0.338 e. The molecule has 2 rings (SSSR count). The SMILES string of the molecule is CC(C)NC(=O)C(C)OC(=O)c1cccc(S(=O)(=O)NCc2cccs2)c1. The number of benzene rings is 1. The van der Waals surface area contributed by atoms with Crippen molar-refractivity contribution in [3.8, 4) is 0 Å². The number of rotatable bonds is 8. The van der Waals surface area contributed by atoms with Gasteiger partial charge in [-0.2, -0.15) is 0 Å². The third-order valence-electron chi connectivity index (χ3n) is 3.48. The van der Waals surface area contributed by atoms with Gasteiger partial charge in [0, 0.05) is 17.5 Å². The van der Waals surface area contributed by atoms with Crippen LogP contribution < -0.4 is 10.0 Å². The van der Waals surface area contributed by atoms with Gasteiger partial charge in [-0.15, -0.1) is 11.3 Å². The van der Waals surface area contributed by atoms with E-state index in [4.69, 9.17) is 4.74 Å². The fraction of sp³-hybridized carbons (Fsp3) is 0.333. The number of ether oxygens (including phenoxy) is 1. The molecule has 0 aliphatic carbocycles. The summed E-state index contributed by atoms with van der Waals surface area (Å²) in [7, 11) is -3.78. The Morgan fingerprint density at radius 1 is 1.15 bits per heavy atom. The third-order valence-corrected chi connectivity index (χ3v) is 5.76. The van der Waals surface area contributed by atoms with Crippen molar-refractivity contribution in [2.24, 2.45) is 0 Å². The summed E-state index contributed by atoms with van der Waals surface area (Å²) in [5.41, 5.74) is 0.0539. The molecule has 0 bridgehead atoms. The van der Waals surface area contributed by atoms with E-state index in [0.29, 0.717) is 0 Å². The summed E-state index contributed by atoms with van der Waals surface area (Å²) in [6.07, 6.45) is -0.989. The Kier molecular flexibility index (Phi) is 7.11. The van der Waals surface area contributed by atoms with Crippen molar-refractivity contribution in [1.82, 2.24) is 10.0 Å². The van der Waals surface area contributed by atoms with Gasteiger partial charge in [-0.25, -0.2) is 17.9 Å². The summed E-state index contributed by atoms with van der Waals surface area (Å²) in [6, 6.07) is 9.09. The standard InChI is InChI=1S/C18H22N2O5S2/c1-12(2)20-17(21)13(3)25-18(22)14-6-4-8-16(10-14)27(23,24)19-11-15-7-5-9-26-15/h4-10,12-13,19H,11H2,1-3H3,(H,20,21). The molecule has 1 amide bonds.